The molecule has 0 amide bonds. The first-order chi connectivity index (χ1) is 15.2. The van der Waals surface area contributed by atoms with E-state index in [4.69, 9.17) is 13.3 Å². The smallest absolute Gasteiger partial charge is 0.463 e. The van der Waals surface area contributed by atoms with Crippen molar-refractivity contribution in [2.24, 2.45) is 11.8 Å². The lowest BCUT2D eigenvalue weighted by Gasteiger charge is -2.35. The molecule has 0 fully saturated rings. The maximum atomic E-state index is 16.0. The number of hydrogen-bond acceptors (Lipinski definition) is 3. The molecule has 0 bridgehead atoms. The maximum absolute atomic E-state index is 16.0. The van der Waals surface area contributed by atoms with Crippen molar-refractivity contribution in [2.75, 3.05) is 6.61 Å². The number of rotatable bonds is 14. The molecule has 0 radical (unpaired) electrons. The molecule has 0 aliphatic rings. The van der Waals surface area contributed by atoms with Gasteiger partial charge in [-0.15, -0.1) is 0 Å². The van der Waals surface area contributed by atoms with E-state index in [1.54, 1.807) is 37.3 Å². The highest BCUT2D eigenvalue weighted by atomic mass is 27.2. The van der Waals surface area contributed by atoms with Crippen molar-refractivity contribution >= 4 is 14.5 Å². The standard InChI is InChI=1S/C18H19F2O3.2C4H9.Al/c1-2-22-17(21)18(19,20)16(15-11-7-4-8-12-15)23-13-14-9-5-3-6-10-14;2*1-4(2)3;/h3-12,16-17H,2,13H2,1H3;2*4H,1H2,2-3H3;/q-1;;;+1. The summed E-state index contributed by atoms with van der Waals surface area (Å²) in [7, 11) is 0. The van der Waals surface area contributed by atoms with E-state index in [1.165, 1.54) is 0 Å². The lowest BCUT2D eigenvalue weighted by molar-refractivity contribution is -0.270. The van der Waals surface area contributed by atoms with Crippen LogP contribution in [0.25, 0.3) is 0 Å². The summed E-state index contributed by atoms with van der Waals surface area (Å²) in [6, 6.07) is 18.0. The molecule has 0 N–H and O–H groups in total. The second-order valence-corrected chi connectivity index (χ2v) is 11.5. The van der Waals surface area contributed by atoms with Crippen LogP contribution >= 0.6 is 0 Å². The summed E-state index contributed by atoms with van der Waals surface area (Å²) in [5, 5.41) is 1.66. The Morgan fingerprint density at radius 2 is 1.34 bits per heavy atom. The van der Waals surface area contributed by atoms with Gasteiger partial charge in [-0.3, -0.25) is 0 Å². The van der Waals surface area contributed by atoms with Gasteiger partial charge in [0.25, 0.3) is 0 Å². The van der Waals surface area contributed by atoms with Crippen molar-refractivity contribution in [1.29, 1.82) is 0 Å². The average Bonchev–Trinajstić information content (AvgIpc) is 2.74. The molecule has 2 aromatic carbocycles. The summed E-state index contributed by atoms with van der Waals surface area (Å²) in [5.41, 5.74) is 1.25. The molecule has 0 aliphatic carbocycles. The van der Waals surface area contributed by atoms with Gasteiger partial charge in [-0.05, 0) is 18.1 Å². The van der Waals surface area contributed by atoms with E-state index in [2.05, 4.69) is 27.7 Å². The van der Waals surface area contributed by atoms with Crippen molar-refractivity contribution in [3.05, 3.63) is 71.8 Å². The van der Waals surface area contributed by atoms with Crippen LogP contribution in [0, 0.1) is 11.8 Å². The highest BCUT2D eigenvalue weighted by Gasteiger charge is 2.51. The van der Waals surface area contributed by atoms with E-state index in [0.717, 1.165) is 16.1 Å². The predicted octanol–water partition coefficient (Wildman–Crippen LogP) is 7.26. The molecule has 0 saturated carbocycles. The van der Waals surface area contributed by atoms with Gasteiger partial charge in [0.05, 0.1) is 6.61 Å². The quantitative estimate of drug-likeness (QED) is 0.218. The molecular weight excluding hydrogens is 425 g/mol. The topological polar surface area (TPSA) is 27.7 Å². The van der Waals surface area contributed by atoms with Crippen molar-refractivity contribution in [3.63, 3.8) is 0 Å². The third-order valence-corrected chi connectivity index (χ3v) is 8.70. The zero-order chi connectivity index (χ0) is 23.6. The van der Waals surface area contributed by atoms with Crippen LogP contribution in [0.3, 0.4) is 0 Å². The Labute approximate surface area is 196 Å². The Kier molecular flexibility index (Phi) is 11.3. The summed E-state index contributed by atoms with van der Waals surface area (Å²) in [6.45, 7) is 10.4. The second-order valence-electron chi connectivity index (χ2n) is 9.07. The molecule has 0 aromatic heterocycles. The highest BCUT2D eigenvalue weighted by molar-refractivity contribution is 6.52. The molecule has 6 heteroatoms. The van der Waals surface area contributed by atoms with Crippen LogP contribution in [0.15, 0.2) is 60.7 Å². The predicted molar refractivity (Wildman–Crippen MR) is 127 cm³/mol. The fourth-order valence-corrected chi connectivity index (χ4v) is 6.89. The van der Waals surface area contributed by atoms with Gasteiger partial charge in [-0.1, -0.05) is 111 Å². The van der Waals surface area contributed by atoms with E-state index >= 15 is 8.78 Å². The van der Waals surface area contributed by atoms with Gasteiger partial charge >= 0.3 is 20.4 Å². The maximum Gasteiger partial charge on any atom is 0.463 e. The summed E-state index contributed by atoms with van der Waals surface area (Å²) in [5.74, 6) is -2.58. The summed E-state index contributed by atoms with van der Waals surface area (Å²) in [6.07, 6.45) is -3.11. The lowest BCUT2D eigenvalue weighted by Crippen LogP contribution is -2.47. The van der Waals surface area contributed by atoms with Crippen molar-refractivity contribution < 1.29 is 22.0 Å². The fourth-order valence-electron chi connectivity index (χ4n) is 3.76. The molecule has 0 spiro atoms. The lowest BCUT2D eigenvalue weighted by atomic mass is 10.0. The number of benzene rings is 2. The SMILES string of the molecule is CCOC([O][Al]([CH2]C(C)C)[CH2]C(C)C)C(F)(F)C(OCc1ccccc1)c1ccccc1. The minimum absolute atomic E-state index is 0.0771. The molecule has 176 valence electrons. The zero-order valence-corrected chi connectivity index (χ0v) is 21.1. The molecular formula is C26H37AlF2O3. The summed E-state index contributed by atoms with van der Waals surface area (Å²) in [4.78, 5) is 0. The summed E-state index contributed by atoms with van der Waals surface area (Å²) >= 11 is -1.91. The van der Waals surface area contributed by atoms with Gasteiger partial charge in [-0.2, -0.15) is 8.78 Å². The molecule has 0 heterocycles. The Bertz CT molecular complexity index is 746. The molecule has 2 aromatic rings. The molecule has 2 atom stereocenters. The van der Waals surface area contributed by atoms with E-state index in [1.807, 2.05) is 30.3 Å². The first-order valence-electron chi connectivity index (χ1n) is 11.6. The number of ether oxygens (including phenoxy) is 2. The molecule has 2 rings (SSSR count). The Hall–Kier alpha value is -1.29. The largest absolute Gasteiger partial charge is 0.473 e. The summed E-state index contributed by atoms with van der Waals surface area (Å²) < 4.78 is 49.5. The first-order valence-corrected chi connectivity index (χ1v) is 13.7. The van der Waals surface area contributed by atoms with Crippen molar-refractivity contribution in [1.82, 2.24) is 0 Å². The van der Waals surface area contributed by atoms with Gasteiger partial charge < -0.3 is 13.3 Å². The average molecular weight is 463 g/mol. The van der Waals surface area contributed by atoms with Crippen LogP contribution < -0.4 is 0 Å². The molecule has 3 nitrogen and oxygen atoms in total. The van der Waals surface area contributed by atoms with Gasteiger partial charge in [-0.25, -0.2) is 0 Å². The minimum atomic E-state index is -3.36. The van der Waals surface area contributed by atoms with Gasteiger partial charge in [0.15, 0.2) is 12.4 Å². The van der Waals surface area contributed by atoms with E-state index in [0.29, 0.717) is 17.4 Å². The van der Waals surface area contributed by atoms with Crippen molar-refractivity contribution in [2.45, 2.75) is 70.1 Å². The normalized spacial score (nSPS) is 14.0. The zero-order valence-electron chi connectivity index (χ0n) is 20.0. The fraction of sp³-hybridized carbons (Fsp3) is 0.538. The van der Waals surface area contributed by atoms with Crippen LogP contribution in [-0.4, -0.2) is 33.3 Å². The van der Waals surface area contributed by atoms with Crippen LogP contribution in [0.4, 0.5) is 8.78 Å². The van der Waals surface area contributed by atoms with Crippen LogP contribution in [0.5, 0.6) is 0 Å². The third kappa shape index (κ3) is 8.57. The van der Waals surface area contributed by atoms with E-state index in [9.17, 15) is 0 Å². The van der Waals surface area contributed by atoms with Crippen LogP contribution in [-0.2, 0) is 19.9 Å². The van der Waals surface area contributed by atoms with Gasteiger partial charge in [0, 0.05) is 6.61 Å². The Morgan fingerprint density at radius 3 is 1.84 bits per heavy atom. The van der Waals surface area contributed by atoms with Crippen LogP contribution in [0.2, 0.25) is 10.6 Å². The van der Waals surface area contributed by atoms with E-state index < -0.39 is 32.8 Å². The van der Waals surface area contributed by atoms with Gasteiger partial charge in [0.1, 0.15) is 0 Å². The highest BCUT2D eigenvalue weighted by Crippen LogP contribution is 2.40. The minimum Gasteiger partial charge on any atom is -0.473 e. The van der Waals surface area contributed by atoms with E-state index in [-0.39, 0.29) is 13.2 Å². The Morgan fingerprint density at radius 1 is 0.812 bits per heavy atom. The molecule has 0 aliphatic heterocycles. The molecule has 32 heavy (non-hydrogen) atoms. The third-order valence-electron chi connectivity index (χ3n) is 5.13. The first kappa shape index (κ1) is 27.0. The van der Waals surface area contributed by atoms with Crippen molar-refractivity contribution in [3.8, 4) is 0 Å². The second kappa shape index (κ2) is 13.4. The molecule has 2 unspecified atom stereocenters. The van der Waals surface area contributed by atoms with Gasteiger partial charge in [0.2, 0.25) is 0 Å². The van der Waals surface area contributed by atoms with Crippen LogP contribution in [0.1, 0.15) is 51.8 Å². The number of halogens is 2. The monoisotopic (exact) mass is 462 g/mol. The molecule has 0 saturated heterocycles. The number of alkyl halides is 2. The number of hydrogen-bond donors (Lipinski definition) is 0. The Balaban J connectivity index is 2.31.